The van der Waals surface area contributed by atoms with Crippen LogP contribution in [0, 0.1) is 27.2 Å². The molecule has 0 aliphatic heterocycles. The molecule has 0 saturated heterocycles. The number of nitro groups is 2. The van der Waals surface area contributed by atoms with Crippen molar-refractivity contribution in [2.24, 2.45) is 0 Å². The molecule has 1 amide bonds. The molecule has 0 unspecified atom stereocenters. The lowest BCUT2D eigenvalue weighted by molar-refractivity contribution is -0.395. The van der Waals surface area contributed by atoms with Gasteiger partial charge in [0.25, 0.3) is 17.3 Å². The zero-order chi connectivity index (χ0) is 20.0. The van der Waals surface area contributed by atoms with Gasteiger partial charge in [-0.2, -0.15) is 0 Å². The molecular weight excluding hydrogens is 362 g/mol. The van der Waals surface area contributed by atoms with Gasteiger partial charge in [0.05, 0.1) is 15.4 Å². The number of hydrogen-bond donors (Lipinski definition) is 1. The average Bonchev–Trinajstić information content (AvgIpc) is 3.08. The summed E-state index contributed by atoms with van der Waals surface area (Å²) in [6.45, 7) is 1.29. The zero-order valence-electron chi connectivity index (χ0n) is 14.9. The Hall–Kier alpha value is -3.81. The minimum Gasteiger partial charge on any atom is -0.321 e. The number of aryl methyl sites for hydroxylation is 2. The largest absolute Gasteiger partial charge is 0.321 e. The summed E-state index contributed by atoms with van der Waals surface area (Å²) in [5.41, 5.74) is 1.86. The Morgan fingerprint density at radius 3 is 2.18 bits per heavy atom. The molecule has 28 heavy (non-hydrogen) atoms. The number of carbonyl (C=O) groups is 1. The molecule has 0 aromatic heterocycles. The standard InChI is InChI=1S/C20H15N3O5/c1-11-17(22(25)26)9-14(10-18(11)23(27)28)20(24)21-16-8-7-13-6-5-12-3-2-4-15(16)19(12)13/h2-4,7-10H,5-6H2,1H3,(H,21,24). The minimum absolute atomic E-state index is 0.0862. The molecule has 0 fully saturated rings. The Kier molecular flexibility index (Phi) is 4.03. The molecule has 1 N–H and O–H groups in total. The van der Waals surface area contributed by atoms with Crippen molar-refractivity contribution in [3.63, 3.8) is 0 Å². The summed E-state index contributed by atoms with van der Waals surface area (Å²) in [6.07, 6.45) is 1.89. The van der Waals surface area contributed by atoms with Gasteiger partial charge in [-0.15, -0.1) is 0 Å². The molecule has 0 spiro atoms. The van der Waals surface area contributed by atoms with Crippen molar-refractivity contribution in [3.8, 4) is 0 Å². The lowest BCUT2D eigenvalue weighted by Crippen LogP contribution is -2.13. The topological polar surface area (TPSA) is 115 Å². The summed E-state index contributed by atoms with van der Waals surface area (Å²) in [4.78, 5) is 33.8. The van der Waals surface area contributed by atoms with Crippen LogP contribution < -0.4 is 5.32 Å². The molecule has 0 radical (unpaired) electrons. The third-order valence-corrected chi connectivity index (χ3v) is 5.13. The molecule has 3 aromatic carbocycles. The third-order valence-electron chi connectivity index (χ3n) is 5.13. The monoisotopic (exact) mass is 377 g/mol. The van der Waals surface area contributed by atoms with E-state index < -0.39 is 27.1 Å². The number of anilines is 1. The number of amides is 1. The molecule has 0 saturated carbocycles. The van der Waals surface area contributed by atoms with E-state index in [2.05, 4.69) is 11.4 Å². The van der Waals surface area contributed by atoms with Crippen molar-refractivity contribution in [1.82, 2.24) is 0 Å². The van der Waals surface area contributed by atoms with Gasteiger partial charge in [-0.05, 0) is 42.3 Å². The number of nitrogens with zero attached hydrogens (tertiary/aromatic N) is 2. The highest BCUT2D eigenvalue weighted by molar-refractivity contribution is 6.11. The molecule has 0 atom stereocenters. The van der Waals surface area contributed by atoms with Crippen LogP contribution in [0.1, 0.15) is 27.0 Å². The molecule has 4 rings (SSSR count). The fraction of sp³-hybridized carbons (Fsp3) is 0.150. The number of benzene rings is 3. The Labute approximate surface area is 159 Å². The van der Waals surface area contributed by atoms with Gasteiger partial charge in [0.2, 0.25) is 0 Å². The van der Waals surface area contributed by atoms with Crippen LogP contribution >= 0.6 is 0 Å². The number of carbonyl (C=O) groups excluding carboxylic acids is 1. The van der Waals surface area contributed by atoms with Crippen molar-refractivity contribution in [3.05, 3.63) is 84.9 Å². The Bertz CT molecular complexity index is 1140. The summed E-state index contributed by atoms with van der Waals surface area (Å²) in [5, 5.41) is 27.2. The number of nitrogens with one attached hydrogen (secondary N) is 1. The second-order valence-corrected chi connectivity index (χ2v) is 6.72. The minimum atomic E-state index is -0.724. The molecule has 1 aliphatic rings. The van der Waals surface area contributed by atoms with Crippen molar-refractivity contribution >= 4 is 33.7 Å². The second kappa shape index (κ2) is 6.41. The maximum atomic E-state index is 12.7. The normalized spacial score (nSPS) is 12.2. The lowest BCUT2D eigenvalue weighted by atomic mass is 10.0. The van der Waals surface area contributed by atoms with Gasteiger partial charge in [0.1, 0.15) is 5.56 Å². The molecule has 8 nitrogen and oxygen atoms in total. The van der Waals surface area contributed by atoms with Crippen LogP contribution in [0.3, 0.4) is 0 Å². The van der Waals surface area contributed by atoms with Gasteiger partial charge in [-0.25, -0.2) is 0 Å². The van der Waals surface area contributed by atoms with Gasteiger partial charge >= 0.3 is 0 Å². The predicted molar refractivity (Wildman–Crippen MR) is 104 cm³/mol. The third kappa shape index (κ3) is 2.75. The van der Waals surface area contributed by atoms with Crippen LogP contribution in [-0.2, 0) is 12.8 Å². The van der Waals surface area contributed by atoms with Crippen LogP contribution in [0.2, 0.25) is 0 Å². The molecule has 1 aliphatic carbocycles. The first-order valence-corrected chi connectivity index (χ1v) is 8.65. The first-order chi connectivity index (χ1) is 13.4. The van der Waals surface area contributed by atoms with Gasteiger partial charge in [0, 0.05) is 23.2 Å². The van der Waals surface area contributed by atoms with Crippen molar-refractivity contribution in [2.75, 3.05) is 5.32 Å². The maximum Gasteiger partial charge on any atom is 0.279 e. The first kappa shape index (κ1) is 17.6. The van der Waals surface area contributed by atoms with E-state index in [-0.39, 0.29) is 11.1 Å². The van der Waals surface area contributed by atoms with E-state index >= 15 is 0 Å². The fourth-order valence-corrected chi connectivity index (χ4v) is 3.74. The second-order valence-electron chi connectivity index (χ2n) is 6.72. The summed E-state index contributed by atoms with van der Waals surface area (Å²) < 4.78 is 0. The SMILES string of the molecule is Cc1c([N+](=O)[O-])cc(C(=O)Nc2ccc3c4c(cccc24)CC3)cc1[N+](=O)[O-]. The van der Waals surface area contributed by atoms with E-state index in [9.17, 15) is 25.0 Å². The molecule has 140 valence electrons. The smallest absolute Gasteiger partial charge is 0.279 e. The van der Waals surface area contributed by atoms with Gasteiger partial charge < -0.3 is 5.32 Å². The molecule has 0 heterocycles. The van der Waals surface area contributed by atoms with E-state index in [0.29, 0.717) is 5.69 Å². The van der Waals surface area contributed by atoms with Crippen LogP contribution in [-0.4, -0.2) is 15.8 Å². The van der Waals surface area contributed by atoms with Gasteiger partial charge in [-0.3, -0.25) is 25.0 Å². The van der Waals surface area contributed by atoms with E-state index in [4.69, 9.17) is 0 Å². The molecule has 8 heteroatoms. The van der Waals surface area contributed by atoms with E-state index in [1.807, 2.05) is 18.2 Å². The molecular formula is C20H15N3O5. The van der Waals surface area contributed by atoms with Crippen LogP contribution in [0.15, 0.2) is 42.5 Å². The average molecular weight is 377 g/mol. The van der Waals surface area contributed by atoms with Crippen molar-refractivity contribution in [2.45, 2.75) is 19.8 Å². The van der Waals surface area contributed by atoms with Gasteiger partial charge in [0.15, 0.2) is 0 Å². The lowest BCUT2D eigenvalue weighted by Gasteiger charge is -2.11. The van der Waals surface area contributed by atoms with E-state index in [1.54, 1.807) is 6.07 Å². The molecule has 3 aromatic rings. The fourth-order valence-electron chi connectivity index (χ4n) is 3.74. The van der Waals surface area contributed by atoms with E-state index in [0.717, 1.165) is 35.7 Å². The van der Waals surface area contributed by atoms with E-state index in [1.165, 1.54) is 18.1 Å². The number of hydrogen-bond acceptors (Lipinski definition) is 5. The van der Waals surface area contributed by atoms with Crippen LogP contribution in [0.25, 0.3) is 10.8 Å². The van der Waals surface area contributed by atoms with Crippen LogP contribution in [0.5, 0.6) is 0 Å². The van der Waals surface area contributed by atoms with Crippen molar-refractivity contribution < 1.29 is 14.6 Å². The number of nitro benzene ring substituents is 2. The summed E-state index contributed by atoms with van der Waals surface area (Å²) in [7, 11) is 0. The first-order valence-electron chi connectivity index (χ1n) is 8.65. The maximum absolute atomic E-state index is 12.7. The molecule has 0 bridgehead atoms. The highest BCUT2D eigenvalue weighted by atomic mass is 16.6. The summed E-state index contributed by atoms with van der Waals surface area (Å²) in [5.74, 6) is -0.634. The number of rotatable bonds is 4. The van der Waals surface area contributed by atoms with Gasteiger partial charge in [-0.1, -0.05) is 24.3 Å². The zero-order valence-corrected chi connectivity index (χ0v) is 14.9. The Balaban J connectivity index is 1.77. The summed E-state index contributed by atoms with van der Waals surface area (Å²) >= 11 is 0. The Morgan fingerprint density at radius 1 is 0.964 bits per heavy atom. The quantitative estimate of drug-likeness (QED) is 0.537. The highest BCUT2D eigenvalue weighted by Crippen LogP contribution is 2.35. The summed E-state index contributed by atoms with van der Waals surface area (Å²) in [6, 6.07) is 11.8. The van der Waals surface area contributed by atoms with Crippen LogP contribution in [0.4, 0.5) is 17.1 Å². The van der Waals surface area contributed by atoms with Crippen molar-refractivity contribution in [1.29, 1.82) is 0 Å². The Morgan fingerprint density at radius 2 is 1.57 bits per heavy atom. The highest BCUT2D eigenvalue weighted by Gasteiger charge is 2.26. The predicted octanol–water partition coefficient (Wildman–Crippen LogP) is 4.32.